The molecule has 0 spiro atoms. The molecular formula is C15H22N2O. The molecule has 1 aliphatic carbocycles. The van der Waals surface area contributed by atoms with Crippen LogP contribution in [0, 0.1) is 6.92 Å². The summed E-state index contributed by atoms with van der Waals surface area (Å²) in [5.41, 5.74) is 4.07. The number of hydrogen-bond donors (Lipinski definition) is 2. The standard InChI is InChI=1S/C15H22N2O/c1-4-16-15(18)11(3)17-14-8-7-12-6-5-10(2)9-13(12)14/h5-6,9,11,14,17H,4,7-8H2,1-3H3,(H,16,18). The smallest absolute Gasteiger partial charge is 0.236 e. The minimum absolute atomic E-state index is 0.0820. The molecule has 0 fully saturated rings. The second-order valence-corrected chi connectivity index (χ2v) is 5.08. The number of likely N-dealkylation sites (N-methyl/N-ethyl adjacent to an activating group) is 1. The molecule has 2 unspecified atom stereocenters. The average molecular weight is 246 g/mol. The molecule has 1 aliphatic rings. The van der Waals surface area contributed by atoms with Crippen LogP contribution in [0.1, 0.15) is 43.0 Å². The number of rotatable bonds is 4. The van der Waals surface area contributed by atoms with E-state index >= 15 is 0 Å². The van der Waals surface area contributed by atoms with Crippen molar-refractivity contribution in [3.05, 3.63) is 34.9 Å². The number of fused-ring (bicyclic) bond motifs is 1. The molecule has 0 saturated heterocycles. The molecule has 0 aliphatic heterocycles. The van der Waals surface area contributed by atoms with Gasteiger partial charge in [0.25, 0.3) is 0 Å². The highest BCUT2D eigenvalue weighted by Crippen LogP contribution is 2.31. The molecule has 1 aromatic rings. The van der Waals surface area contributed by atoms with Crippen LogP contribution in [0.5, 0.6) is 0 Å². The molecule has 1 amide bonds. The Labute approximate surface area is 109 Å². The summed E-state index contributed by atoms with van der Waals surface area (Å²) in [4.78, 5) is 11.7. The number of carbonyl (C=O) groups is 1. The van der Waals surface area contributed by atoms with E-state index in [4.69, 9.17) is 0 Å². The molecule has 2 N–H and O–H groups in total. The van der Waals surface area contributed by atoms with Crippen molar-refractivity contribution in [1.82, 2.24) is 10.6 Å². The Morgan fingerprint density at radius 2 is 2.28 bits per heavy atom. The summed E-state index contributed by atoms with van der Waals surface area (Å²) in [6.07, 6.45) is 2.19. The molecule has 0 saturated carbocycles. The van der Waals surface area contributed by atoms with Crippen molar-refractivity contribution in [1.29, 1.82) is 0 Å². The number of amides is 1. The topological polar surface area (TPSA) is 41.1 Å². The second-order valence-electron chi connectivity index (χ2n) is 5.08. The fourth-order valence-corrected chi connectivity index (χ4v) is 2.60. The van der Waals surface area contributed by atoms with Crippen LogP contribution in [0.4, 0.5) is 0 Å². The Morgan fingerprint density at radius 1 is 1.50 bits per heavy atom. The summed E-state index contributed by atoms with van der Waals surface area (Å²) in [5, 5.41) is 6.29. The van der Waals surface area contributed by atoms with Gasteiger partial charge in [0.2, 0.25) is 5.91 Å². The van der Waals surface area contributed by atoms with Gasteiger partial charge in [0.1, 0.15) is 0 Å². The summed E-state index contributed by atoms with van der Waals surface area (Å²) in [7, 11) is 0. The van der Waals surface area contributed by atoms with Crippen molar-refractivity contribution >= 4 is 5.91 Å². The minimum Gasteiger partial charge on any atom is -0.355 e. The number of carbonyl (C=O) groups excluding carboxylic acids is 1. The maximum absolute atomic E-state index is 11.7. The third-order valence-electron chi connectivity index (χ3n) is 3.57. The first-order chi connectivity index (χ1) is 8.61. The Balaban J connectivity index is 2.05. The molecule has 0 bridgehead atoms. The summed E-state index contributed by atoms with van der Waals surface area (Å²) in [6.45, 7) is 6.67. The quantitative estimate of drug-likeness (QED) is 0.854. The third-order valence-corrected chi connectivity index (χ3v) is 3.57. The van der Waals surface area contributed by atoms with E-state index in [0.717, 1.165) is 12.8 Å². The van der Waals surface area contributed by atoms with Gasteiger partial charge in [0.05, 0.1) is 6.04 Å². The molecule has 2 atom stereocenters. The summed E-state index contributed by atoms with van der Waals surface area (Å²) in [5.74, 6) is 0.0820. The zero-order valence-corrected chi connectivity index (χ0v) is 11.4. The van der Waals surface area contributed by atoms with Crippen molar-refractivity contribution in [3.8, 4) is 0 Å². The van der Waals surface area contributed by atoms with Crippen molar-refractivity contribution in [2.24, 2.45) is 0 Å². The van der Waals surface area contributed by atoms with Gasteiger partial charge in [0, 0.05) is 12.6 Å². The van der Waals surface area contributed by atoms with Crippen molar-refractivity contribution in [3.63, 3.8) is 0 Å². The summed E-state index contributed by atoms with van der Waals surface area (Å²) in [6, 6.07) is 6.79. The van der Waals surface area contributed by atoms with Gasteiger partial charge in [-0.15, -0.1) is 0 Å². The highest BCUT2D eigenvalue weighted by molar-refractivity contribution is 5.81. The van der Waals surface area contributed by atoms with Gasteiger partial charge < -0.3 is 5.32 Å². The van der Waals surface area contributed by atoms with Crippen LogP contribution < -0.4 is 10.6 Å². The fourth-order valence-electron chi connectivity index (χ4n) is 2.60. The number of hydrogen-bond acceptors (Lipinski definition) is 2. The number of benzene rings is 1. The maximum atomic E-state index is 11.7. The van der Waals surface area contributed by atoms with Gasteiger partial charge >= 0.3 is 0 Å². The normalized spacial score (nSPS) is 19.4. The summed E-state index contributed by atoms with van der Waals surface area (Å²) >= 11 is 0. The lowest BCUT2D eigenvalue weighted by Gasteiger charge is -2.20. The molecule has 0 aromatic heterocycles. The van der Waals surface area contributed by atoms with Crippen LogP contribution in [0.3, 0.4) is 0 Å². The first-order valence-electron chi connectivity index (χ1n) is 6.75. The SMILES string of the molecule is CCNC(=O)C(C)NC1CCc2ccc(C)cc21. The van der Waals surface area contributed by atoms with Crippen LogP contribution >= 0.6 is 0 Å². The predicted molar refractivity (Wildman–Crippen MR) is 73.5 cm³/mol. The van der Waals surface area contributed by atoms with E-state index < -0.39 is 0 Å². The molecular weight excluding hydrogens is 224 g/mol. The lowest BCUT2D eigenvalue weighted by molar-refractivity contribution is -0.122. The second kappa shape index (κ2) is 5.53. The highest BCUT2D eigenvalue weighted by atomic mass is 16.2. The predicted octanol–water partition coefficient (Wildman–Crippen LogP) is 2.10. The van der Waals surface area contributed by atoms with Crippen LogP contribution in [0.15, 0.2) is 18.2 Å². The van der Waals surface area contributed by atoms with Crippen molar-refractivity contribution in [2.75, 3.05) is 6.54 Å². The molecule has 0 heterocycles. The Hall–Kier alpha value is -1.35. The van der Waals surface area contributed by atoms with Gasteiger partial charge in [-0.05, 0) is 44.7 Å². The molecule has 0 radical (unpaired) electrons. The van der Waals surface area contributed by atoms with Gasteiger partial charge in [-0.2, -0.15) is 0 Å². The fraction of sp³-hybridized carbons (Fsp3) is 0.533. The molecule has 1 aromatic carbocycles. The Kier molecular flexibility index (Phi) is 4.02. The first-order valence-corrected chi connectivity index (χ1v) is 6.75. The molecule has 18 heavy (non-hydrogen) atoms. The molecule has 3 heteroatoms. The van der Waals surface area contributed by atoms with E-state index in [2.05, 4.69) is 35.8 Å². The van der Waals surface area contributed by atoms with Crippen LogP contribution in [-0.2, 0) is 11.2 Å². The molecule has 3 nitrogen and oxygen atoms in total. The van der Waals surface area contributed by atoms with Crippen LogP contribution in [-0.4, -0.2) is 18.5 Å². The minimum atomic E-state index is -0.138. The van der Waals surface area contributed by atoms with Gasteiger partial charge in [0.15, 0.2) is 0 Å². The monoisotopic (exact) mass is 246 g/mol. The number of aryl methyl sites for hydroxylation is 2. The Morgan fingerprint density at radius 3 is 3.00 bits per heavy atom. The van der Waals surface area contributed by atoms with Crippen LogP contribution in [0.2, 0.25) is 0 Å². The largest absolute Gasteiger partial charge is 0.355 e. The van der Waals surface area contributed by atoms with Crippen molar-refractivity contribution in [2.45, 2.75) is 45.7 Å². The lowest BCUT2D eigenvalue weighted by atomic mass is 10.0. The van der Waals surface area contributed by atoms with E-state index in [0.29, 0.717) is 12.6 Å². The van der Waals surface area contributed by atoms with E-state index in [1.807, 2.05) is 13.8 Å². The van der Waals surface area contributed by atoms with E-state index in [1.54, 1.807) is 0 Å². The molecule has 2 rings (SSSR count). The first kappa shape index (κ1) is 13.1. The summed E-state index contributed by atoms with van der Waals surface area (Å²) < 4.78 is 0. The van der Waals surface area contributed by atoms with Crippen molar-refractivity contribution < 1.29 is 4.79 Å². The zero-order valence-electron chi connectivity index (χ0n) is 11.4. The Bertz CT molecular complexity index is 442. The number of nitrogens with one attached hydrogen (secondary N) is 2. The highest BCUT2D eigenvalue weighted by Gasteiger charge is 2.25. The maximum Gasteiger partial charge on any atom is 0.236 e. The van der Waals surface area contributed by atoms with E-state index in [9.17, 15) is 4.79 Å². The molecule has 98 valence electrons. The zero-order chi connectivity index (χ0) is 13.1. The van der Waals surface area contributed by atoms with E-state index in [-0.39, 0.29) is 11.9 Å². The third kappa shape index (κ3) is 2.72. The average Bonchev–Trinajstić information content (AvgIpc) is 2.72. The van der Waals surface area contributed by atoms with Crippen LogP contribution in [0.25, 0.3) is 0 Å². The van der Waals surface area contributed by atoms with Gasteiger partial charge in [-0.25, -0.2) is 0 Å². The van der Waals surface area contributed by atoms with Gasteiger partial charge in [-0.1, -0.05) is 23.8 Å². The van der Waals surface area contributed by atoms with E-state index in [1.165, 1.54) is 16.7 Å². The lowest BCUT2D eigenvalue weighted by Crippen LogP contribution is -2.43. The van der Waals surface area contributed by atoms with Gasteiger partial charge in [-0.3, -0.25) is 10.1 Å².